The average Bonchev–Trinajstić information content (AvgIpc) is 3.13. The van der Waals surface area contributed by atoms with Gasteiger partial charge in [0, 0.05) is 36.9 Å². The highest BCUT2D eigenvalue weighted by atomic mass is 16.3. The van der Waals surface area contributed by atoms with Crippen molar-refractivity contribution in [2.75, 3.05) is 13.1 Å². The molecule has 1 saturated heterocycles. The molecule has 0 radical (unpaired) electrons. The third-order valence-electron chi connectivity index (χ3n) is 4.82. The molecule has 1 aromatic carbocycles. The molecule has 2 aromatic heterocycles. The predicted molar refractivity (Wildman–Crippen MR) is 88.2 cm³/mol. The van der Waals surface area contributed by atoms with Gasteiger partial charge in [-0.25, -0.2) is 4.98 Å². The van der Waals surface area contributed by atoms with E-state index in [9.17, 15) is 5.11 Å². The molecule has 1 atom stereocenters. The zero-order chi connectivity index (χ0) is 15.6. The Morgan fingerprint density at radius 2 is 1.96 bits per heavy atom. The van der Waals surface area contributed by atoms with Crippen LogP contribution in [0.3, 0.4) is 0 Å². The maximum absolute atomic E-state index is 10.9. The topological polar surface area (TPSA) is 51.7 Å². The molecule has 3 heterocycles. The highest BCUT2D eigenvalue weighted by Crippen LogP contribution is 2.32. The van der Waals surface area contributed by atoms with Crippen molar-refractivity contribution in [1.82, 2.24) is 4.98 Å². The van der Waals surface area contributed by atoms with Crippen LogP contribution in [0.5, 0.6) is 5.75 Å². The molecule has 3 N–H and O–H groups in total. The SMILES string of the molecule is Oc1c(C(c2cccnc2)[NH+]2CCCC2)ccc2ccc[nH+]c12. The highest BCUT2D eigenvalue weighted by Gasteiger charge is 2.32. The summed E-state index contributed by atoms with van der Waals surface area (Å²) in [6.07, 6.45) is 8.06. The van der Waals surface area contributed by atoms with Crippen LogP contribution in [-0.2, 0) is 0 Å². The number of quaternary nitrogens is 1. The Labute approximate surface area is 135 Å². The molecule has 0 saturated carbocycles. The molecule has 1 aliphatic heterocycles. The molecule has 4 nitrogen and oxygen atoms in total. The number of benzene rings is 1. The van der Waals surface area contributed by atoms with Gasteiger partial charge in [-0.2, -0.15) is 0 Å². The molecule has 116 valence electrons. The van der Waals surface area contributed by atoms with Crippen molar-refractivity contribution in [1.29, 1.82) is 0 Å². The molecule has 23 heavy (non-hydrogen) atoms. The third kappa shape index (κ3) is 2.55. The summed E-state index contributed by atoms with van der Waals surface area (Å²) in [5.74, 6) is 0.358. The van der Waals surface area contributed by atoms with Crippen LogP contribution in [0.2, 0.25) is 0 Å². The van der Waals surface area contributed by atoms with Crippen molar-refractivity contribution in [2.45, 2.75) is 18.9 Å². The number of phenolic OH excluding ortho intramolecular Hbond substituents is 1. The third-order valence-corrected chi connectivity index (χ3v) is 4.82. The van der Waals surface area contributed by atoms with Gasteiger partial charge in [0.1, 0.15) is 6.04 Å². The fourth-order valence-electron chi connectivity index (χ4n) is 3.73. The van der Waals surface area contributed by atoms with E-state index in [4.69, 9.17) is 0 Å². The number of hydrogen-bond donors (Lipinski definition) is 2. The lowest BCUT2D eigenvalue weighted by Gasteiger charge is -2.25. The lowest BCUT2D eigenvalue weighted by Crippen LogP contribution is -3.10. The zero-order valence-electron chi connectivity index (χ0n) is 13.0. The standard InChI is InChI=1S/C19H19N3O/c23-19-16(8-7-14-5-4-10-21-17(14)19)18(22-11-1-2-12-22)15-6-3-9-20-13-15/h3-10,13,18,23H,1-2,11-12H2/p+2. The Kier molecular flexibility index (Phi) is 3.67. The maximum Gasteiger partial charge on any atom is 0.253 e. The first-order chi connectivity index (χ1) is 11.3. The van der Waals surface area contributed by atoms with Crippen LogP contribution in [0.25, 0.3) is 10.9 Å². The fraction of sp³-hybridized carbons (Fsp3) is 0.263. The smallest absolute Gasteiger partial charge is 0.253 e. The van der Waals surface area contributed by atoms with Crippen molar-refractivity contribution in [3.63, 3.8) is 0 Å². The van der Waals surface area contributed by atoms with Gasteiger partial charge in [0.25, 0.3) is 5.52 Å². The van der Waals surface area contributed by atoms with Crippen LogP contribution in [0.15, 0.2) is 55.0 Å². The number of hydrogen-bond acceptors (Lipinski definition) is 2. The first-order valence-corrected chi connectivity index (χ1v) is 8.21. The fourth-order valence-corrected chi connectivity index (χ4v) is 3.73. The zero-order valence-corrected chi connectivity index (χ0v) is 13.0. The number of aromatic nitrogens is 2. The number of nitrogens with zero attached hydrogens (tertiary/aromatic N) is 1. The number of nitrogens with one attached hydrogen (secondary N) is 2. The number of phenols is 1. The molecule has 0 bridgehead atoms. The quantitative estimate of drug-likeness (QED) is 0.771. The van der Waals surface area contributed by atoms with Gasteiger partial charge in [-0.1, -0.05) is 0 Å². The Balaban J connectivity index is 1.88. The molecule has 1 fully saturated rings. The van der Waals surface area contributed by atoms with E-state index in [2.05, 4.69) is 28.2 Å². The second-order valence-electron chi connectivity index (χ2n) is 6.22. The van der Waals surface area contributed by atoms with Gasteiger partial charge < -0.3 is 10.0 Å². The first kappa shape index (κ1) is 14.2. The summed E-state index contributed by atoms with van der Waals surface area (Å²) in [6.45, 7) is 2.27. The van der Waals surface area contributed by atoms with E-state index in [0.717, 1.165) is 35.1 Å². The summed E-state index contributed by atoms with van der Waals surface area (Å²) >= 11 is 0. The number of H-pyrrole nitrogens is 1. The van der Waals surface area contributed by atoms with Gasteiger partial charge in [-0.05, 0) is 30.3 Å². The van der Waals surface area contributed by atoms with Gasteiger partial charge in [0.15, 0.2) is 11.9 Å². The van der Waals surface area contributed by atoms with Gasteiger partial charge >= 0.3 is 0 Å². The number of pyridine rings is 2. The lowest BCUT2D eigenvalue weighted by molar-refractivity contribution is -0.913. The summed E-state index contributed by atoms with van der Waals surface area (Å²) in [7, 11) is 0. The number of aromatic hydroxyl groups is 1. The van der Waals surface area contributed by atoms with Crippen molar-refractivity contribution < 1.29 is 15.0 Å². The van der Waals surface area contributed by atoms with Crippen LogP contribution in [0.1, 0.15) is 30.0 Å². The van der Waals surface area contributed by atoms with Crippen LogP contribution < -0.4 is 9.88 Å². The van der Waals surface area contributed by atoms with Gasteiger partial charge in [-0.15, -0.1) is 0 Å². The molecule has 0 amide bonds. The van der Waals surface area contributed by atoms with Gasteiger partial charge in [0.2, 0.25) is 0 Å². The van der Waals surface area contributed by atoms with Crippen molar-refractivity contribution in [3.8, 4) is 5.75 Å². The van der Waals surface area contributed by atoms with Crippen LogP contribution in [0.4, 0.5) is 0 Å². The normalized spacial score (nSPS) is 16.7. The second kappa shape index (κ2) is 5.97. The van der Waals surface area contributed by atoms with Crippen molar-refractivity contribution >= 4 is 10.9 Å². The molecule has 1 unspecified atom stereocenters. The monoisotopic (exact) mass is 307 g/mol. The van der Waals surface area contributed by atoms with Crippen LogP contribution in [-0.4, -0.2) is 23.2 Å². The molecule has 3 aromatic rings. The van der Waals surface area contributed by atoms with Crippen LogP contribution >= 0.6 is 0 Å². The Morgan fingerprint density at radius 3 is 2.74 bits per heavy atom. The summed E-state index contributed by atoms with van der Waals surface area (Å²) in [5, 5.41) is 11.9. The molecular formula is C19H21N3O+2. The highest BCUT2D eigenvalue weighted by molar-refractivity contribution is 5.82. The lowest BCUT2D eigenvalue weighted by atomic mass is 9.96. The van der Waals surface area contributed by atoms with E-state index in [1.807, 2.05) is 30.6 Å². The summed E-state index contributed by atoms with van der Waals surface area (Å²) in [5.41, 5.74) is 2.94. The second-order valence-corrected chi connectivity index (χ2v) is 6.22. The van der Waals surface area contributed by atoms with Gasteiger partial charge in [-0.3, -0.25) is 4.98 Å². The molecule has 4 heteroatoms. The number of fused-ring (bicyclic) bond motifs is 1. The van der Waals surface area contributed by atoms with Crippen molar-refractivity contribution in [2.24, 2.45) is 0 Å². The van der Waals surface area contributed by atoms with E-state index in [1.165, 1.54) is 17.7 Å². The van der Waals surface area contributed by atoms with Crippen molar-refractivity contribution in [3.05, 3.63) is 66.1 Å². The van der Waals surface area contributed by atoms with E-state index >= 15 is 0 Å². The molecule has 0 aliphatic carbocycles. The number of rotatable bonds is 3. The van der Waals surface area contributed by atoms with Gasteiger partial charge in [0.05, 0.1) is 24.0 Å². The van der Waals surface area contributed by atoms with E-state index in [0.29, 0.717) is 5.75 Å². The minimum atomic E-state index is 0.129. The molecular weight excluding hydrogens is 286 g/mol. The maximum atomic E-state index is 10.9. The van der Waals surface area contributed by atoms with E-state index in [-0.39, 0.29) is 6.04 Å². The number of likely N-dealkylation sites (tertiary alicyclic amines) is 1. The molecule has 4 rings (SSSR count). The Bertz CT molecular complexity index is 813. The molecule has 1 aliphatic rings. The Morgan fingerprint density at radius 1 is 1.09 bits per heavy atom. The Hall–Kier alpha value is -2.46. The molecule has 0 spiro atoms. The van der Waals surface area contributed by atoms with Crippen LogP contribution in [0, 0.1) is 0 Å². The number of aromatic amines is 1. The van der Waals surface area contributed by atoms with E-state index in [1.54, 1.807) is 6.20 Å². The summed E-state index contributed by atoms with van der Waals surface area (Å²) in [4.78, 5) is 8.98. The van der Waals surface area contributed by atoms with E-state index < -0.39 is 0 Å². The minimum Gasteiger partial charge on any atom is -0.502 e. The average molecular weight is 307 g/mol. The predicted octanol–water partition coefficient (Wildman–Crippen LogP) is 1.52. The minimum absolute atomic E-state index is 0.129. The summed E-state index contributed by atoms with van der Waals surface area (Å²) in [6, 6.07) is 12.3. The summed E-state index contributed by atoms with van der Waals surface area (Å²) < 4.78 is 0. The first-order valence-electron chi connectivity index (χ1n) is 8.21. The largest absolute Gasteiger partial charge is 0.502 e.